The topological polar surface area (TPSA) is 96.0 Å². The molecule has 13 heteroatoms. The molecule has 1 N–H and O–H groups in total. The van der Waals surface area contributed by atoms with Crippen molar-refractivity contribution in [2.75, 3.05) is 24.2 Å². The normalized spacial score (nSPS) is 13.4. The van der Waals surface area contributed by atoms with Crippen LogP contribution < -0.4 is 14.4 Å². The maximum absolute atomic E-state index is 13.6. The molecule has 2 atom stereocenters. The van der Waals surface area contributed by atoms with Crippen molar-refractivity contribution in [3.63, 3.8) is 0 Å². The Bertz CT molecular complexity index is 1260. The van der Waals surface area contributed by atoms with E-state index < -0.39 is 51.9 Å². The molecule has 0 aliphatic rings. The molecule has 0 heterocycles. The van der Waals surface area contributed by atoms with Gasteiger partial charge in [-0.25, -0.2) is 8.42 Å². The van der Waals surface area contributed by atoms with E-state index in [1.807, 2.05) is 6.92 Å². The molecule has 0 bridgehead atoms. The number of sulfonamides is 1. The molecule has 0 saturated carbocycles. The zero-order valence-electron chi connectivity index (χ0n) is 21.7. The molecule has 2 aromatic rings. The van der Waals surface area contributed by atoms with E-state index in [0.717, 1.165) is 17.2 Å². The van der Waals surface area contributed by atoms with Crippen molar-refractivity contribution in [2.45, 2.75) is 52.0 Å². The maximum atomic E-state index is 13.6. The SMILES string of the molecule is CCC(C)NC(=O)C(C)N(Cc1cccc(OC)c1)C(=O)CN(c1cc(C(F)(F)F)ccc1Cl)S(C)(=O)=O. The zero-order chi connectivity index (χ0) is 28.8. The van der Waals surface area contributed by atoms with Gasteiger partial charge in [0.15, 0.2) is 0 Å². The third-order valence-electron chi connectivity index (χ3n) is 5.88. The van der Waals surface area contributed by atoms with Gasteiger partial charge in [0.2, 0.25) is 21.8 Å². The van der Waals surface area contributed by atoms with Crippen LogP contribution in [0.15, 0.2) is 42.5 Å². The number of nitrogens with zero attached hydrogens (tertiary/aromatic N) is 2. The lowest BCUT2D eigenvalue weighted by Crippen LogP contribution is -2.52. The number of carbonyl (C=O) groups excluding carboxylic acids is 2. The number of nitrogens with one attached hydrogen (secondary N) is 1. The van der Waals surface area contributed by atoms with E-state index in [-0.39, 0.29) is 17.6 Å². The summed E-state index contributed by atoms with van der Waals surface area (Å²) in [7, 11) is -2.80. The molecular formula is C25H31ClF3N3O5S. The first-order chi connectivity index (χ1) is 17.6. The van der Waals surface area contributed by atoms with Crippen LogP contribution in [-0.4, -0.2) is 57.1 Å². The Hall–Kier alpha value is -2.99. The molecule has 0 fully saturated rings. The molecular weight excluding hydrogens is 547 g/mol. The molecule has 210 valence electrons. The number of hydrogen-bond acceptors (Lipinski definition) is 5. The van der Waals surface area contributed by atoms with Crippen molar-refractivity contribution >= 4 is 39.1 Å². The molecule has 0 aliphatic heterocycles. The minimum absolute atomic E-state index is 0.0982. The van der Waals surface area contributed by atoms with E-state index in [1.54, 1.807) is 31.2 Å². The quantitative estimate of drug-likeness (QED) is 0.425. The van der Waals surface area contributed by atoms with Crippen molar-refractivity contribution in [2.24, 2.45) is 0 Å². The number of anilines is 1. The molecule has 0 aliphatic carbocycles. The van der Waals surface area contributed by atoms with Gasteiger partial charge in [-0.05, 0) is 56.2 Å². The summed E-state index contributed by atoms with van der Waals surface area (Å²) in [6.07, 6.45) is -3.38. The van der Waals surface area contributed by atoms with Crippen LogP contribution in [-0.2, 0) is 32.3 Å². The number of amides is 2. The van der Waals surface area contributed by atoms with Crippen molar-refractivity contribution in [1.29, 1.82) is 0 Å². The number of rotatable bonds is 11. The van der Waals surface area contributed by atoms with Gasteiger partial charge in [-0.2, -0.15) is 13.2 Å². The number of carbonyl (C=O) groups is 2. The number of methoxy groups -OCH3 is 1. The smallest absolute Gasteiger partial charge is 0.416 e. The van der Waals surface area contributed by atoms with Crippen LogP contribution >= 0.6 is 11.6 Å². The molecule has 0 radical (unpaired) electrons. The first-order valence-electron chi connectivity index (χ1n) is 11.7. The summed E-state index contributed by atoms with van der Waals surface area (Å²) in [6, 6.07) is 7.70. The Balaban J connectivity index is 2.51. The summed E-state index contributed by atoms with van der Waals surface area (Å²) in [5.74, 6) is -0.794. The highest BCUT2D eigenvalue weighted by molar-refractivity contribution is 7.92. The fraction of sp³-hybridized carbons (Fsp3) is 0.440. The van der Waals surface area contributed by atoms with Gasteiger partial charge in [0.05, 0.1) is 29.6 Å². The summed E-state index contributed by atoms with van der Waals surface area (Å²) >= 11 is 6.08. The lowest BCUT2D eigenvalue weighted by molar-refractivity contribution is -0.139. The van der Waals surface area contributed by atoms with E-state index in [4.69, 9.17) is 16.3 Å². The minimum Gasteiger partial charge on any atom is -0.497 e. The molecule has 2 unspecified atom stereocenters. The van der Waals surface area contributed by atoms with Crippen molar-refractivity contribution < 1.29 is 35.9 Å². The fourth-order valence-electron chi connectivity index (χ4n) is 3.49. The number of ether oxygens (including phenoxy) is 1. The highest BCUT2D eigenvalue weighted by atomic mass is 35.5. The molecule has 2 amide bonds. The first-order valence-corrected chi connectivity index (χ1v) is 13.9. The minimum atomic E-state index is -4.77. The van der Waals surface area contributed by atoms with E-state index in [0.29, 0.717) is 34.2 Å². The largest absolute Gasteiger partial charge is 0.497 e. The summed E-state index contributed by atoms with van der Waals surface area (Å²) in [5, 5.41) is 2.49. The predicted octanol–water partition coefficient (Wildman–Crippen LogP) is 4.47. The van der Waals surface area contributed by atoms with Crippen LogP contribution in [0.3, 0.4) is 0 Å². The van der Waals surface area contributed by atoms with E-state index in [2.05, 4.69) is 5.32 Å². The highest BCUT2D eigenvalue weighted by Gasteiger charge is 2.34. The lowest BCUT2D eigenvalue weighted by Gasteiger charge is -2.32. The van der Waals surface area contributed by atoms with Crippen LogP contribution in [0.5, 0.6) is 5.75 Å². The third kappa shape index (κ3) is 8.26. The highest BCUT2D eigenvalue weighted by Crippen LogP contribution is 2.36. The van der Waals surface area contributed by atoms with Gasteiger partial charge in [0, 0.05) is 12.6 Å². The number of halogens is 4. The Kier molecular flexibility index (Phi) is 10.4. The summed E-state index contributed by atoms with van der Waals surface area (Å²) < 4.78 is 71.0. The zero-order valence-corrected chi connectivity index (χ0v) is 23.2. The predicted molar refractivity (Wildman–Crippen MR) is 140 cm³/mol. The Labute approximate surface area is 225 Å². The third-order valence-corrected chi connectivity index (χ3v) is 7.32. The van der Waals surface area contributed by atoms with Gasteiger partial charge in [0.25, 0.3) is 0 Å². The van der Waals surface area contributed by atoms with Crippen molar-refractivity contribution in [3.05, 3.63) is 58.6 Å². The lowest BCUT2D eigenvalue weighted by atomic mass is 10.1. The molecule has 2 rings (SSSR count). The maximum Gasteiger partial charge on any atom is 0.416 e. The van der Waals surface area contributed by atoms with Crippen molar-refractivity contribution in [1.82, 2.24) is 10.2 Å². The Morgan fingerprint density at radius 3 is 2.34 bits per heavy atom. The number of benzene rings is 2. The molecule has 38 heavy (non-hydrogen) atoms. The molecule has 0 aromatic heterocycles. The molecule has 2 aromatic carbocycles. The second-order valence-electron chi connectivity index (χ2n) is 8.80. The van der Waals surface area contributed by atoms with Gasteiger partial charge in [-0.15, -0.1) is 0 Å². The van der Waals surface area contributed by atoms with E-state index in [1.165, 1.54) is 14.0 Å². The summed E-state index contributed by atoms with van der Waals surface area (Å²) in [5.41, 5.74) is -1.05. The van der Waals surface area contributed by atoms with Gasteiger partial charge in [-0.1, -0.05) is 30.7 Å². The molecule has 8 nitrogen and oxygen atoms in total. The van der Waals surface area contributed by atoms with Gasteiger partial charge < -0.3 is 15.0 Å². The number of alkyl halides is 3. The standard InChI is InChI=1S/C25H31ClF3N3O5S/c1-6-16(2)30-24(34)17(3)31(14-18-8-7-9-20(12-18)37-4)23(33)15-32(38(5,35)36)22-13-19(25(27,28)29)10-11-21(22)26/h7-13,16-17H,6,14-15H2,1-5H3,(H,30,34). The van der Waals surface area contributed by atoms with Crippen LogP contribution in [0.25, 0.3) is 0 Å². The van der Waals surface area contributed by atoms with Gasteiger partial charge in [0.1, 0.15) is 18.3 Å². The average Bonchev–Trinajstić information content (AvgIpc) is 2.84. The first kappa shape index (κ1) is 31.2. The number of hydrogen-bond donors (Lipinski definition) is 1. The fourth-order valence-corrected chi connectivity index (χ4v) is 4.61. The van der Waals surface area contributed by atoms with E-state index >= 15 is 0 Å². The monoisotopic (exact) mass is 577 g/mol. The second-order valence-corrected chi connectivity index (χ2v) is 11.1. The molecule has 0 spiro atoms. The Morgan fingerprint density at radius 2 is 1.79 bits per heavy atom. The van der Waals surface area contributed by atoms with Crippen LogP contribution in [0.2, 0.25) is 5.02 Å². The second kappa shape index (κ2) is 12.7. The Morgan fingerprint density at radius 1 is 1.13 bits per heavy atom. The van der Waals surface area contributed by atoms with Crippen LogP contribution in [0.1, 0.15) is 38.3 Å². The van der Waals surface area contributed by atoms with Crippen molar-refractivity contribution in [3.8, 4) is 5.75 Å². The summed E-state index contributed by atoms with van der Waals surface area (Å²) in [4.78, 5) is 27.7. The average molecular weight is 578 g/mol. The molecule has 0 saturated heterocycles. The van der Waals surface area contributed by atoms with Gasteiger partial charge >= 0.3 is 6.18 Å². The van der Waals surface area contributed by atoms with Gasteiger partial charge in [-0.3, -0.25) is 13.9 Å². The summed E-state index contributed by atoms with van der Waals surface area (Å²) in [6.45, 7) is 4.17. The van der Waals surface area contributed by atoms with Crippen LogP contribution in [0, 0.1) is 0 Å². The van der Waals surface area contributed by atoms with Crippen LogP contribution in [0.4, 0.5) is 18.9 Å². The van der Waals surface area contributed by atoms with E-state index in [9.17, 15) is 31.2 Å².